The first-order chi connectivity index (χ1) is 8.85. The Labute approximate surface area is 113 Å². The summed E-state index contributed by atoms with van der Waals surface area (Å²) in [6, 6.07) is 5.77. The zero-order chi connectivity index (χ0) is 14.2. The topological polar surface area (TPSA) is 49.8 Å². The molecule has 0 spiro atoms. The van der Waals surface area contributed by atoms with E-state index in [1.54, 1.807) is 7.11 Å². The molecule has 0 aromatic heterocycles. The predicted octanol–water partition coefficient (Wildman–Crippen LogP) is 2.78. The standard InChI is InChI=1S/C15H19NO3/c1-10-8-15(2,3)16(9-14(17)18)13-7-11(19-4)5-6-12(10)13/h5-8H,9H2,1-4H3,(H,17,18). The first-order valence-corrected chi connectivity index (χ1v) is 6.22. The zero-order valence-electron chi connectivity index (χ0n) is 11.7. The van der Waals surface area contributed by atoms with Gasteiger partial charge in [0.25, 0.3) is 0 Å². The minimum Gasteiger partial charge on any atom is -0.497 e. The van der Waals surface area contributed by atoms with Gasteiger partial charge in [0, 0.05) is 17.3 Å². The van der Waals surface area contributed by atoms with E-state index in [4.69, 9.17) is 9.84 Å². The first-order valence-electron chi connectivity index (χ1n) is 6.22. The Hall–Kier alpha value is -1.97. The van der Waals surface area contributed by atoms with Crippen molar-refractivity contribution in [1.82, 2.24) is 0 Å². The van der Waals surface area contributed by atoms with Crippen molar-refractivity contribution >= 4 is 17.2 Å². The van der Waals surface area contributed by atoms with Crippen LogP contribution in [0.25, 0.3) is 5.57 Å². The number of methoxy groups -OCH3 is 1. The van der Waals surface area contributed by atoms with Crippen molar-refractivity contribution < 1.29 is 14.6 Å². The van der Waals surface area contributed by atoms with Crippen LogP contribution in [0.3, 0.4) is 0 Å². The van der Waals surface area contributed by atoms with E-state index in [-0.39, 0.29) is 12.1 Å². The van der Waals surface area contributed by atoms with Gasteiger partial charge in [-0.15, -0.1) is 0 Å². The molecule has 102 valence electrons. The fourth-order valence-electron chi connectivity index (χ4n) is 2.62. The number of carboxylic acids is 1. The molecule has 0 amide bonds. The van der Waals surface area contributed by atoms with E-state index in [1.807, 2.05) is 43.9 Å². The number of rotatable bonds is 3. The molecule has 0 aliphatic carbocycles. The highest BCUT2D eigenvalue weighted by molar-refractivity contribution is 5.85. The summed E-state index contributed by atoms with van der Waals surface area (Å²) in [5.41, 5.74) is 2.79. The summed E-state index contributed by atoms with van der Waals surface area (Å²) in [5.74, 6) is -0.102. The highest BCUT2D eigenvalue weighted by Gasteiger charge is 2.32. The molecule has 0 saturated carbocycles. The van der Waals surface area contributed by atoms with Crippen LogP contribution in [-0.2, 0) is 4.79 Å². The molecule has 1 aromatic rings. The monoisotopic (exact) mass is 261 g/mol. The van der Waals surface area contributed by atoms with E-state index < -0.39 is 5.97 Å². The Kier molecular flexibility index (Phi) is 3.27. The second kappa shape index (κ2) is 4.61. The van der Waals surface area contributed by atoms with Crippen LogP contribution in [0.1, 0.15) is 26.3 Å². The van der Waals surface area contributed by atoms with Crippen molar-refractivity contribution in [2.24, 2.45) is 0 Å². The van der Waals surface area contributed by atoms with E-state index in [1.165, 1.54) is 0 Å². The molecule has 4 heteroatoms. The molecule has 0 fully saturated rings. The van der Waals surface area contributed by atoms with Crippen LogP contribution in [0.4, 0.5) is 5.69 Å². The lowest BCUT2D eigenvalue weighted by atomic mass is 9.88. The molecule has 4 nitrogen and oxygen atoms in total. The van der Waals surface area contributed by atoms with Gasteiger partial charge in [-0.2, -0.15) is 0 Å². The highest BCUT2D eigenvalue weighted by Crippen LogP contribution is 2.40. The summed E-state index contributed by atoms with van der Waals surface area (Å²) in [7, 11) is 1.61. The van der Waals surface area contributed by atoms with Crippen molar-refractivity contribution in [2.75, 3.05) is 18.6 Å². The molecule has 1 aromatic carbocycles. The summed E-state index contributed by atoms with van der Waals surface area (Å²) in [6.45, 7) is 6.05. The number of hydrogen-bond donors (Lipinski definition) is 1. The van der Waals surface area contributed by atoms with Crippen LogP contribution < -0.4 is 9.64 Å². The maximum Gasteiger partial charge on any atom is 0.323 e. The number of ether oxygens (including phenoxy) is 1. The normalized spacial score (nSPS) is 16.6. The maximum absolute atomic E-state index is 11.1. The van der Waals surface area contributed by atoms with Crippen LogP contribution in [0.5, 0.6) is 5.75 Å². The van der Waals surface area contributed by atoms with Gasteiger partial charge < -0.3 is 14.7 Å². The average molecular weight is 261 g/mol. The van der Waals surface area contributed by atoms with Gasteiger partial charge >= 0.3 is 5.97 Å². The molecule has 0 bridgehead atoms. The van der Waals surface area contributed by atoms with Crippen molar-refractivity contribution in [3.05, 3.63) is 29.8 Å². The van der Waals surface area contributed by atoms with Crippen molar-refractivity contribution in [3.8, 4) is 5.75 Å². The van der Waals surface area contributed by atoms with E-state index >= 15 is 0 Å². The summed E-state index contributed by atoms with van der Waals surface area (Å²) < 4.78 is 5.24. The van der Waals surface area contributed by atoms with Gasteiger partial charge in [0.1, 0.15) is 12.3 Å². The van der Waals surface area contributed by atoms with Gasteiger partial charge in [-0.3, -0.25) is 4.79 Å². The third-order valence-electron chi connectivity index (χ3n) is 3.48. The number of allylic oxidation sites excluding steroid dienone is 1. The van der Waals surface area contributed by atoms with Crippen LogP contribution >= 0.6 is 0 Å². The molecule has 0 unspecified atom stereocenters. The second-order valence-electron chi connectivity index (χ2n) is 5.34. The van der Waals surface area contributed by atoms with E-state index in [9.17, 15) is 4.79 Å². The predicted molar refractivity (Wildman–Crippen MR) is 75.7 cm³/mol. The Balaban J connectivity index is 2.58. The number of benzene rings is 1. The third kappa shape index (κ3) is 2.43. The molecule has 0 radical (unpaired) electrons. The van der Waals surface area contributed by atoms with Gasteiger partial charge in [-0.05, 0) is 38.5 Å². The number of anilines is 1. The minimum atomic E-state index is -0.838. The van der Waals surface area contributed by atoms with E-state index in [2.05, 4.69) is 6.08 Å². The zero-order valence-corrected chi connectivity index (χ0v) is 11.7. The summed E-state index contributed by atoms with van der Waals surface area (Å²) in [5, 5.41) is 9.12. The smallest absolute Gasteiger partial charge is 0.323 e. The number of aliphatic carboxylic acids is 1. The van der Waals surface area contributed by atoms with Gasteiger partial charge in [-0.25, -0.2) is 0 Å². The number of nitrogens with zero attached hydrogens (tertiary/aromatic N) is 1. The summed E-state index contributed by atoms with van der Waals surface area (Å²) in [4.78, 5) is 13.0. The van der Waals surface area contributed by atoms with Crippen LogP contribution in [0, 0.1) is 0 Å². The van der Waals surface area contributed by atoms with Gasteiger partial charge in [0.05, 0.1) is 12.6 Å². The van der Waals surface area contributed by atoms with Crippen LogP contribution in [-0.4, -0.2) is 30.3 Å². The van der Waals surface area contributed by atoms with Crippen molar-refractivity contribution in [3.63, 3.8) is 0 Å². The number of fused-ring (bicyclic) bond motifs is 1. The Morgan fingerprint density at radius 2 is 2.11 bits per heavy atom. The minimum absolute atomic E-state index is 0.0308. The second-order valence-corrected chi connectivity index (χ2v) is 5.34. The lowest BCUT2D eigenvalue weighted by Gasteiger charge is -2.42. The quantitative estimate of drug-likeness (QED) is 0.909. The molecule has 0 saturated heterocycles. The molecule has 1 aliphatic heterocycles. The highest BCUT2D eigenvalue weighted by atomic mass is 16.5. The molecular weight excluding hydrogens is 242 g/mol. The SMILES string of the molecule is COc1ccc2c(c1)N(CC(=O)O)C(C)(C)C=C2C. The Bertz CT molecular complexity index is 546. The molecule has 19 heavy (non-hydrogen) atoms. The van der Waals surface area contributed by atoms with Gasteiger partial charge in [0.15, 0.2) is 0 Å². The first kappa shape index (κ1) is 13.5. The Morgan fingerprint density at radius 3 is 2.68 bits per heavy atom. The third-order valence-corrected chi connectivity index (χ3v) is 3.48. The summed E-state index contributed by atoms with van der Waals surface area (Å²) in [6.07, 6.45) is 2.10. The summed E-state index contributed by atoms with van der Waals surface area (Å²) >= 11 is 0. The number of carboxylic acid groups (broad SMARTS) is 1. The maximum atomic E-state index is 11.1. The molecular formula is C15H19NO3. The van der Waals surface area contributed by atoms with Crippen LogP contribution in [0.15, 0.2) is 24.3 Å². The molecule has 1 N–H and O–H groups in total. The lowest BCUT2D eigenvalue weighted by Crippen LogP contribution is -2.47. The lowest BCUT2D eigenvalue weighted by molar-refractivity contribution is -0.135. The number of carbonyl (C=O) groups is 1. The molecule has 2 rings (SSSR count). The molecule has 0 atom stereocenters. The Morgan fingerprint density at radius 1 is 1.42 bits per heavy atom. The fraction of sp³-hybridized carbons (Fsp3) is 0.400. The largest absolute Gasteiger partial charge is 0.497 e. The van der Waals surface area contributed by atoms with Crippen LogP contribution in [0.2, 0.25) is 0 Å². The van der Waals surface area contributed by atoms with Crippen molar-refractivity contribution in [2.45, 2.75) is 26.3 Å². The van der Waals surface area contributed by atoms with E-state index in [0.29, 0.717) is 0 Å². The fourth-order valence-corrected chi connectivity index (χ4v) is 2.62. The van der Waals surface area contributed by atoms with Gasteiger partial charge in [0.2, 0.25) is 0 Å². The number of hydrogen-bond acceptors (Lipinski definition) is 3. The average Bonchev–Trinajstić information content (AvgIpc) is 2.33. The van der Waals surface area contributed by atoms with Gasteiger partial charge in [-0.1, -0.05) is 6.08 Å². The van der Waals surface area contributed by atoms with Crippen molar-refractivity contribution in [1.29, 1.82) is 0 Å². The molecule has 1 heterocycles. The molecule has 1 aliphatic rings. The van der Waals surface area contributed by atoms with E-state index in [0.717, 1.165) is 22.6 Å².